The van der Waals surface area contributed by atoms with Crippen LogP contribution in [-0.2, 0) is 9.53 Å². The number of carboxylic acids is 1. The van der Waals surface area contributed by atoms with E-state index in [4.69, 9.17) is 9.84 Å². The SMILES string of the molecule is CC(C)(C)OC(=O)N[C@H](CCI)C(=O)O. The molecule has 5 nitrogen and oxygen atoms in total. The van der Waals surface area contributed by atoms with Gasteiger partial charge in [0.05, 0.1) is 0 Å². The molecule has 0 unspecified atom stereocenters. The number of carbonyl (C=O) groups is 2. The molecule has 2 N–H and O–H groups in total. The molecule has 0 spiro atoms. The molecular formula is C9H16INO4. The lowest BCUT2D eigenvalue weighted by atomic mass is 10.2. The predicted molar refractivity (Wildman–Crippen MR) is 64.3 cm³/mol. The van der Waals surface area contributed by atoms with Gasteiger partial charge in [0.1, 0.15) is 11.6 Å². The summed E-state index contributed by atoms with van der Waals surface area (Å²) < 4.78 is 5.61. The summed E-state index contributed by atoms with van der Waals surface area (Å²) >= 11 is 2.06. The third-order valence-corrected chi connectivity index (χ3v) is 2.01. The van der Waals surface area contributed by atoms with E-state index in [1.807, 2.05) is 0 Å². The second-order valence-electron chi connectivity index (χ2n) is 4.01. The van der Waals surface area contributed by atoms with Gasteiger partial charge in [0, 0.05) is 4.43 Å². The Morgan fingerprint density at radius 3 is 2.33 bits per heavy atom. The van der Waals surface area contributed by atoms with Crippen LogP contribution in [0.3, 0.4) is 0 Å². The van der Waals surface area contributed by atoms with Crippen LogP contribution in [-0.4, -0.2) is 33.2 Å². The molecule has 6 heteroatoms. The van der Waals surface area contributed by atoms with E-state index in [-0.39, 0.29) is 0 Å². The van der Waals surface area contributed by atoms with Crippen LogP contribution in [0.4, 0.5) is 4.79 Å². The van der Waals surface area contributed by atoms with Crippen LogP contribution >= 0.6 is 22.6 Å². The summed E-state index contributed by atoms with van der Waals surface area (Å²) in [7, 11) is 0. The number of ether oxygens (including phenoxy) is 1. The maximum absolute atomic E-state index is 11.2. The van der Waals surface area contributed by atoms with Crippen LogP contribution in [0.2, 0.25) is 0 Å². The fourth-order valence-corrected chi connectivity index (χ4v) is 1.44. The predicted octanol–water partition coefficient (Wildman–Crippen LogP) is 1.79. The van der Waals surface area contributed by atoms with Crippen LogP contribution in [0.15, 0.2) is 0 Å². The van der Waals surface area contributed by atoms with Gasteiger partial charge in [-0.15, -0.1) is 0 Å². The number of amides is 1. The number of rotatable bonds is 4. The molecule has 0 bridgehead atoms. The van der Waals surface area contributed by atoms with E-state index in [0.29, 0.717) is 10.8 Å². The van der Waals surface area contributed by atoms with Crippen LogP contribution < -0.4 is 5.32 Å². The molecular weight excluding hydrogens is 313 g/mol. The number of hydrogen-bond acceptors (Lipinski definition) is 3. The third kappa shape index (κ3) is 7.40. The van der Waals surface area contributed by atoms with Gasteiger partial charge in [-0.25, -0.2) is 9.59 Å². The second kappa shape index (κ2) is 6.14. The number of halogens is 1. The Morgan fingerprint density at radius 2 is 2.00 bits per heavy atom. The third-order valence-electron chi connectivity index (χ3n) is 1.39. The number of carbonyl (C=O) groups excluding carboxylic acids is 1. The molecule has 0 aromatic heterocycles. The van der Waals surface area contributed by atoms with Crippen molar-refractivity contribution >= 4 is 34.7 Å². The summed E-state index contributed by atoms with van der Waals surface area (Å²) in [5.74, 6) is -1.04. The van der Waals surface area contributed by atoms with Gasteiger partial charge in [-0.3, -0.25) is 0 Å². The van der Waals surface area contributed by atoms with Crippen molar-refractivity contribution in [2.45, 2.75) is 38.8 Å². The lowest BCUT2D eigenvalue weighted by Gasteiger charge is -2.21. The van der Waals surface area contributed by atoms with E-state index in [2.05, 4.69) is 27.9 Å². The highest BCUT2D eigenvalue weighted by Crippen LogP contribution is 2.07. The molecule has 1 amide bonds. The zero-order valence-electron chi connectivity index (χ0n) is 9.04. The van der Waals surface area contributed by atoms with Crippen LogP contribution in [0.5, 0.6) is 0 Å². The van der Waals surface area contributed by atoms with Crippen LogP contribution in [0.1, 0.15) is 27.2 Å². The van der Waals surface area contributed by atoms with E-state index < -0.39 is 23.7 Å². The van der Waals surface area contributed by atoms with Gasteiger partial charge in [-0.1, -0.05) is 22.6 Å². The highest BCUT2D eigenvalue weighted by molar-refractivity contribution is 14.1. The van der Waals surface area contributed by atoms with E-state index in [9.17, 15) is 9.59 Å². The standard InChI is InChI=1S/C9H16INO4/c1-9(2,3)15-8(14)11-6(4-5-10)7(12)13/h6H,4-5H2,1-3H3,(H,11,14)(H,12,13)/t6-/m1/s1. The van der Waals surface area contributed by atoms with Gasteiger partial charge < -0.3 is 15.2 Å². The molecule has 0 heterocycles. The van der Waals surface area contributed by atoms with Crippen molar-refractivity contribution in [1.29, 1.82) is 0 Å². The van der Waals surface area contributed by atoms with Gasteiger partial charge in [0.2, 0.25) is 0 Å². The van der Waals surface area contributed by atoms with Crippen molar-refractivity contribution in [2.75, 3.05) is 4.43 Å². The smallest absolute Gasteiger partial charge is 0.408 e. The van der Waals surface area contributed by atoms with Gasteiger partial charge in [0.25, 0.3) is 0 Å². The number of hydrogen-bond donors (Lipinski definition) is 2. The Morgan fingerprint density at radius 1 is 1.47 bits per heavy atom. The molecule has 0 aromatic rings. The van der Waals surface area contributed by atoms with Crippen LogP contribution in [0.25, 0.3) is 0 Å². The van der Waals surface area contributed by atoms with Gasteiger partial charge in [-0.2, -0.15) is 0 Å². The van der Waals surface area contributed by atoms with Crippen LogP contribution in [0, 0.1) is 0 Å². The Balaban J connectivity index is 4.18. The highest BCUT2D eigenvalue weighted by Gasteiger charge is 2.23. The molecule has 0 saturated carbocycles. The molecule has 0 fully saturated rings. The van der Waals surface area contributed by atoms with E-state index in [0.717, 1.165) is 0 Å². The quantitative estimate of drug-likeness (QED) is 0.609. The van der Waals surface area contributed by atoms with Gasteiger partial charge >= 0.3 is 12.1 Å². The maximum Gasteiger partial charge on any atom is 0.408 e. The Labute approximate surface area is 103 Å². The van der Waals surface area contributed by atoms with Crippen molar-refractivity contribution in [1.82, 2.24) is 5.32 Å². The van der Waals surface area contributed by atoms with E-state index >= 15 is 0 Å². The molecule has 1 atom stereocenters. The largest absolute Gasteiger partial charge is 0.480 e. The summed E-state index contributed by atoms with van der Waals surface area (Å²) in [6.45, 7) is 5.17. The van der Waals surface area contributed by atoms with E-state index in [1.54, 1.807) is 20.8 Å². The van der Waals surface area contributed by atoms with Crippen molar-refractivity contribution in [3.63, 3.8) is 0 Å². The summed E-state index contributed by atoms with van der Waals surface area (Å²) in [5, 5.41) is 11.1. The molecule has 0 aliphatic heterocycles. The molecule has 0 rings (SSSR count). The maximum atomic E-state index is 11.2. The van der Waals surface area contributed by atoms with Gasteiger partial charge in [0.15, 0.2) is 0 Å². The normalized spacial score (nSPS) is 13.1. The topological polar surface area (TPSA) is 75.6 Å². The van der Waals surface area contributed by atoms with Gasteiger partial charge in [-0.05, 0) is 27.2 Å². The Bertz CT molecular complexity index is 237. The minimum absolute atomic E-state index is 0.384. The Hall–Kier alpha value is -0.530. The number of nitrogens with one attached hydrogen (secondary N) is 1. The summed E-state index contributed by atoms with van der Waals surface area (Å²) in [6.07, 6.45) is -0.311. The van der Waals surface area contributed by atoms with Crippen molar-refractivity contribution in [3.8, 4) is 0 Å². The van der Waals surface area contributed by atoms with Crippen molar-refractivity contribution < 1.29 is 19.4 Å². The fourth-order valence-electron chi connectivity index (χ4n) is 0.816. The lowest BCUT2D eigenvalue weighted by molar-refractivity contribution is -0.139. The first kappa shape index (κ1) is 14.5. The molecule has 0 aromatic carbocycles. The first-order chi connectivity index (χ1) is 6.76. The molecule has 0 aliphatic carbocycles. The van der Waals surface area contributed by atoms with E-state index in [1.165, 1.54) is 0 Å². The molecule has 0 saturated heterocycles. The molecule has 0 aliphatic rings. The number of carboxylic acid groups (broad SMARTS) is 1. The summed E-state index contributed by atoms with van der Waals surface area (Å²) in [5.41, 5.74) is -0.614. The molecule has 15 heavy (non-hydrogen) atoms. The zero-order valence-corrected chi connectivity index (χ0v) is 11.2. The first-order valence-electron chi connectivity index (χ1n) is 4.54. The molecule has 0 radical (unpaired) electrons. The lowest BCUT2D eigenvalue weighted by Crippen LogP contribution is -2.43. The highest BCUT2D eigenvalue weighted by atomic mass is 127. The zero-order chi connectivity index (χ0) is 12.1. The molecule has 88 valence electrons. The number of alkyl carbamates (subject to hydrolysis) is 1. The second-order valence-corrected chi connectivity index (χ2v) is 5.09. The van der Waals surface area contributed by atoms with Crippen molar-refractivity contribution in [3.05, 3.63) is 0 Å². The fraction of sp³-hybridized carbons (Fsp3) is 0.778. The number of aliphatic carboxylic acids is 1. The number of alkyl halides is 1. The average molecular weight is 329 g/mol. The minimum Gasteiger partial charge on any atom is -0.480 e. The summed E-state index contributed by atoms with van der Waals surface area (Å²) in [4.78, 5) is 22.0. The minimum atomic E-state index is -1.04. The monoisotopic (exact) mass is 329 g/mol. The van der Waals surface area contributed by atoms with Crippen molar-refractivity contribution in [2.24, 2.45) is 0 Å². The average Bonchev–Trinajstić information content (AvgIpc) is 1.99. The Kier molecular flexibility index (Phi) is 5.92. The summed E-state index contributed by atoms with van der Waals surface area (Å²) in [6, 6.07) is -0.878. The first-order valence-corrected chi connectivity index (χ1v) is 6.07.